The minimum absolute atomic E-state index is 0.0570. The first-order valence-electron chi connectivity index (χ1n) is 8.84. The maximum absolute atomic E-state index is 13.4. The molecule has 0 unspecified atom stereocenters. The lowest BCUT2D eigenvalue weighted by atomic mass is 9.93. The number of nitro groups is 1. The number of para-hydroxylation sites is 1. The van der Waals surface area contributed by atoms with Crippen molar-refractivity contribution in [2.24, 2.45) is 0 Å². The Labute approximate surface area is 163 Å². The quantitative estimate of drug-likeness (QED) is 0.492. The second-order valence-corrected chi connectivity index (χ2v) is 8.43. The third kappa shape index (κ3) is 3.81. The predicted molar refractivity (Wildman–Crippen MR) is 103 cm³/mol. The zero-order valence-electron chi connectivity index (χ0n) is 15.7. The highest BCUT2D eigenvalue weighted by Gasteiger charge is 2.36. The number of benzene rings is 2. The van der Waals surface area contributed by atoms with Gasteiger partial charge < -0.3 is 9.47 Å². The van der Waals surface area contributed by atoms with Gasteiger partial charge in [0.25, 0.3) is 5.69 Å². The summed E-state index contributed by atoms with van der Waals surface area (Å²) in [4.78, 5) is 10.9. The molecule has 0 amide bonds. The molecule has 0 heterocycles. The van der Waals surface area contributed by atoms with Crippen molar-refractivity contribution < 1.29 is 22.8 Å². The monoisotopic (exact) mass is 406 g/mol. The topological polar surface area (TPSA) is 99.0 Å². The zero-order chi connectivity index (χ0) is 20.3. The first-order valence-corrected chi connectivity index (χ1v) is 10.3. The molecule has 1 aliphatic rings. The molecule has 3 rings (SSSR count). The lowest BCUT2D eigenvalue weighted by molar-refractivity contribution is -0.385. The Morgan fingerprint density at radius 2 is 1.79 bits per heavy atom. The highest BCUT2D eigenvalue weighted by molar-refractivity contribution is 7.89. The first-order chi connectivity index (χ1) is 13.4. The summed E-state index contributed by atoms with van der Waals surface area (Å²) >= 11 is 0. The van der Waals surface area contributed by atoms with Gasteiger partial charge in [-0.15, -0.1) is 0 Å². The van der Waals surface area contributed by atoms with Crippen LogP contribution in [0, 0.1) is 10.1 Å². The van der Waals surface area contributed by atoms with E-state index < -0.39 is 14.9 Å². The molecule has 1 fully saturated rings. The van der Waals surface area contributed by atoms with Gasteiger partial charge in [-0.05, 0) is 25.0 Å². The molecule has 0 bridgehead atoms. The van der Waals surface area contributed by atoms with Crippen LogP contribution in [0.2, 0.25) is 0 Å². The summed E-state index contributed by atoms with van der Waals surface area (Å²) in [5.74, 6) is 0.734. The van der Waals surface area contributed by atoms with E-state index in [1.54, 1.807) is 18.2 Å². The molecule has 0 radical (unpaired) electrons. The summed E-state index contributed by atoms with van der Waals surface area (Å²) in [5, 5.41) is 11.3. The molecule has 2 aromatic carbocycles. The summed E-state index contributed by atoms with van der Waals surface area (Å²) < 4.78 is 38.5. The molecule has 1 aliphatic carbocycles. The van der Waals surface area contributed by atoms with E-state index in [1.165, 1.54) is 42.8 Å². The minimum Gasteiger partial charge on any atom is -0.493 e. The van der Waals surface area contributed by atoms with Crippen molar-refractivity contribution in [2.45, 2.75) is 36.7 Å². The smallest absolute Gasteiger partial charge is 0.273 e. The maximum atomic E-state index is 13.4. The van der Waals surface area contributed by atoms with Gasteiger partial charge in [-0.2, -0.15) is 4.31 Å². The highest BCUT2D eigenvalue weighted by Crippen LogP contribution is 2.36. The maximum Gasteiger partial charge on any atom is 0.273 e. The fraction of sp³-hybridized carbons (Fsp3) is 0.368. The van der Waals surface area contributed by atoms with E-state index in [0.29, 0.717) is 17.1 Å². The molecule has 0 N–H and O–H groups in total. The molecule has 150 valence electrons. The van der Waals surface area contributed by atoms with Gasteiger partial charge in [0.15, 0.2) is 11.5 Å². The van der Waals surface area contributed by atoms with Crippen molar-refractivity contribution in [1.29, 1.82) is 0 Å². The van der Waals surface area contributed by atoms with Crippen molar-refractivity contribution in [3.05, 3.63) is 58.1 Å². The summed E-state index contributed by atoms with van der Waals surface area (Å²) in [5.41, 5.74) is 0.276. The first kappa shape index (κ1) is 20.1. The second kappa shape index (κ2) is 8.15. The van der Waals surface area contributed by atoms with E-state index in [4.69, 9.17) is 9.47 Å². The van der Waals surface area contributed by atoms with E-state index >= 15 is 0 Å². The zero-order valence-corrected chi connectivity index (χ0v) is 16.5. The summed E-state index contributed by atoms with van der Waals surface area (Å²) in [6.45, 7) is -0.0570. The van der Waals surface area contributed by atoms with Crippen molar-refractivity contribution in [2.75, 3.05) is 14.2 Å². The number of methoxy groups -OCH3 is 2. The van der Waals surface area contributed by atoms with Gasteiger partial charge >= 0.3 is 0 Å². The Hall–Kier alpha value is -2.65. The van der Waals surface area contributed by atoms with E-state index in [0.717, 1.165) is 19.3 Å². The molecule has 0 spiro atoms. The Morgan fingerprint density at radius 3 is 2.36 bits per heavy atom. The van der Waals surface area contributed by atoms with Gasteiger partial charge in [0.1, 0.15) is 0 Å². The van der Waals surface area contributed by atoms with Crippen molar-refractivity contribution >= 4 is 15.7 Å². The van der Waals surface area contributed by atoms with Gasteiger partial charge in [-0.3, -0.25) is 10.1 Å². The molecular formula is C19H22N2O6S. The Morgan fingerprint density at radius 1 is 1.11 bits per heavy atom. The highest BCUT2D eigenvalue weighted by atomic mass is 32.2. The number of ether oxygens (including phenoxy) is 2. The van der Waals surface area contributed by atoms with Crippen molar-refractivity contribution in [1.82, 2.24) is 4.31 Å². The van der Waals surface area contributed by atoms with Gasteiger partial charge in [0.05, 0.1) is 24.0 Å². The van der Waals surface area contributed by atoms with Crippen LogP contribution in [0.4, 0.5) is 5.69 Å². The van der Waals surface area contributed by atoms with Gasteiger partial charge in [0.2, 0.25) is 10.0 Å². The Kier molecular flexibility index (Phi) is 5.85. The molecule has 0 aromatic heterocycles. The third-order valence-electron chi connectivity index (χ3n) is 4.96. The van der Waals surface area contributed by atoms with Crippen LogP contribution in [-0.2, 0) is 16.6 Å². The second-order valence-electron chi connectivity index (χ2n) is 6.54. The number of hydrogen-bond acceptors (Lipinski definition) is 6. The van der Waals surface area contributed by atoms with Crippen LogP contribution in [0.5, 0.6) is 11.5 Å². The molecule has 1 saturated carbocycles. The molecule has 28 heavy (non-hydrogen) atoms. The van der Waals surface area contributed by atoms with Crippen LogP contribution < -0.4 is 9.47 Å². The van der Waals surface area contributed by atoms with Gasteiger partial charge in [0, 0.05) is 30.3 Å². The van der Waals surface area contributed by atoms with E-state index in [9.17, 15) is 18.5 Å². The van der Waals surface area contributed by atoms with E-state index in [-0.39, 0.29) is 23.2 Å². The molecule has 0 aliphatic heterocycles. The van der Waals surface area contributed by atoms with Gasteiger partial charge in [-0.1, -0.05) is 24.6 Å². The lowest BCUT2D eigenvalue weighted by Crippen LogP contribution is -2.43. The number of rotatable bonds is 8. The third-order valence-corrected chi connectivity index (χ3v) is 6.85. The number of nitrogens with zero attached hydrogens (tertiary/aromatic N) is 2. The van der Waals surface area contributed by atoms with Crippen LogP contribution in [0.15, 0.2) is 47.4 Å². The number of nitro benzene ring substituents is 1. The van der Waals surface area contributed by atoms with E-state index in [1.807, 2.05) is 0 Å². The molecule has 0 atom stereocenters. The average molecular weight is 406 g/mol. The van der Waals surface area contributed by atoms with Crippen LogP contribution >= 0.6 is 0 Å². The van der Waals surface area contributed by atoms with Crippen molar-refractivity contribution in [3.63, 3.8) is 0 Å². The fourth-order valence-electron chi connectivity index (χ4n) is 3.19. The van der Waals surface area contributed by atoms with Crippen LogP contribution in [-0.4, -0.2) is 37.9 Å². The Bertz CT molecular complexity index is 972. The number of sulfonamides is 1. The largest absolute Gasteiger partial charge is 0.493 e. The SMILES string of the molecule is COc1ccc(S(=O)(=O)N(Cc2ccccc2[N+](=O)[O-])C2CCC2)cc1OC. The fourth-order valence-corrected chi connectivity index (χ4v) is 4.87. The van der Waals surface area contributed by atoms with Gasteiger partial charge in [-0.25, -0.2) is 8.42 Å². The average Bonchev–Trinajstić information content (AvgIpc) is 2.65. The molecule has 2 aromatic rings. The Balaban J connectivity index is 2.01. The molecular weight excluding hydrogens is 384 g/mol. The van der Waals surface area contributed by atoms with Crippen LogP contribution in [0.25, 0.3) is 0 Å². The molecule has 8 nitrogen and oxygen atoms in total. The standard InChI is InChI=1S/C19H22N2O6S/c1-26-18-11-10-16(12-19(18)27-2)28(24,25)20(15-7-5-8-15)13-14-6-3-4-9-17(14)21(22)23/h3-4,6,9-12,15H,5,7-8,13H2,1-2H3. The predicted octanol–water partition coefficient (Wildman–Crippen LogP) is 3.36. The normalized spacial score (nSPS) is 14.5. The minimum atomic E-state index is -3.88. The lowest BCUT2D eigenvalue weighted by Gasteiger charge is -2.36. The summed E-state index contributed by atoms with van der Waals surface area (Å²) in [6.07, 6.45) is 2.39. The molecule has 9 heteroatoms. The van der Waals surface area contributed by atoms with Crippen LogP contribution in [0.3, 0.4) is 0 Å². The molecule has 0 saturated heterocycles. The summed E-state index contributed by atoms with van der Waals surface area (Å²) in [7, 11) is -0.975. The van der Waals surface area contributed by atoms with E-state index in [2.05, 4.69) is 0 Å². The van der Waals surface area contributed by atoms with Crippen LogP contribution in [0.1, 0.15) is 24.8 Å². The summed E-state index contributed by atoms with van der Waals surface area (Å²) in [6, 6.07) is 10.4. The number of hydrogen-bond donors (Lipinski definition) is 0. The van der Waals surface area contributed by atoms with Crippen molar-refractivity contribution in [3.8, 4) is 11.5 Å².